The molecule has 1 fully saturated rings. The van der Waals surface area contributed by atoms with Gasteiger partial charge in [0.25, 0.3) is 0 Å². The highest BCUT2D eigenvalue weighted by Crippen LogP contribution is 2.29. The zero-order valence-electron chi connectivity index (χ0n) is 19.8. The number of nitrogens with zero attached hydrogens (tertiary/aromatic N) is 3. The van der Waals surface area contributed by atoms with Gasteiger partial charge >= 0.3 is 0 Å². The Bertz CT molecular complexity index is 1070. The Labute approximate surface area is 205 Å². The lowest BCUT2D eigenvalue weighted by molar-refractivity contribution is 0.318. The fourth-order valence-electron chi connectivity index (χ4n) is 4.55. The first kappa shape index (κ1) is 23.8. The Hall–Kier alpha value is -2.38. The molecular formula is C26H34BrN5O. The first-order valence-electron chi connectivity index (χ1n) is 11.9. The van der Waals surface area contributed by atoms with Crippen LogP contribution >= 0.6 is 15.9 Å². The molecule has 0 amide bonds. The van der Waals surface area contributed by atoms with Crippen LogP contribution in [0, 0.1) is 5.92 Å². The molecule has 1 heterocycles. The van der Waals surface area contributed by atoms with Gasteiger partial charge in [-0.3, -0.25) is 0 Å². The number of aromatic nitrogens is 2. The van der Waals surface area contributed by atoms with Crippen molar-refractivity contribution in [1.29, 1.82) is 0 Å². The highest BCUT2D eigenvalue weighted by atomic mass is 79.9. The third-order valence-corrected chi connectivity index (χ3v) is 6.75. The summed E-state index contributed by atoms with van der Waals surface area (Å²) in [5.74, 6) is 3.35. The lowest BCUT2D eigenvalue weighted by Gasteiger charge is -2.29. The third kappa shape index (κ3) is 6.15. The van der Waals surface area contributed by atoms with E-state index < -0.39 is 0 Å². The van der Waals surface area contributed by atoms with Crippen molar-refractivity contribution in [3.63, 3.8) is 0 Å². The molecular weight excluding hydrogens is 478 g/mol. The SMILES string of the molecule is CCOc1ccc(Br)cc1CNCC1CCC(Nc2nc(N(C)C)c3ccccc3n2)CC1. The molecule has 2 N–H and O–H groups in total. The highest BCUT2D eigenvalue weighted by molar-refractivity contribution is 9.10. The van der Waals surface area contributed by atoms with Gasteiger partial charge in [0.2, 0.25) is 5.95 Å². The summed E-state index contributed by atoms with van der Waals surface area (Å²) in [5, 5.41) is 8.34. The van der Waals surface area contributed by atoms with Gasteiger partial charge in [-0.15, -0.1) is 0 Å². The van der Waals surface area contributed by atoms with E-state index in [4.69, 9.17) is 14.7 Å². The van der Waals surface area contributed by atoms with Gasteiger partial charge in [0.15, 0.2) is 0 Å². The number of rotatable bonds is 9. The second-order valence-electron chi connectivity index (χ2n) is 8.96. The van der Waals surface area contributed by atoms with Gasteiger partial charge < -0.3 is 20.3 Å². The Morgan fingerprint density at radius 3 is 2.61 bits per heavy atom. The van der Waals surface area contributed by atoms with Crippen LogP contribution in [0.2, 0.25) is 0 Å². The molecule has 1 aliphatic rings. The summed E-state index contributed by atoms with van der Waals surface area (Å²) in [6, 6.07) is 14.8. The molecule has 0 atom stereocenters. The first-order chi connectivity index (χ1) is 16.0. The van der Waals surface area contributed by atoms with Crippen LogP contribution in [0.25, 0.3) is 10.9 Å². The lowest BCUT2D eigenvalue weighted by Crippen LogP contribution is -2.31. The van der Waals surface area contributed by atoms with E-state index in [2.05, 4.69) is 49.7 Å². The van der Waals surface area contributed by atoms with E-state index in [1.165, 1.54) is 18.4 Å². The number of nitrogens with one attached hydrogen (secondary N) is 2. The molecule has 7 heteroatoms. The summed E-state index contributed by atoms with van der Waals surface area (Å²) >= 11 is 3.57. The minimum Gasteiger partial charge on any atom is -0.494 e. The smallest absolute Gasteiger partial charge is 0.225 e. The van der Waals surface area contributed by atoms with Crippen LogP contribution in [0.5, 0.6) is 5.75 Å². The number of fused-ring (bicyclic) bond motifs is 1. The van der Waals surface area contributed by atoms with Crippen LogP contribution < -0.4 is 20.3 Å². The van der Waals surface area contributed by atoms with E-state index in [0.29, 0.717) is 18.6 Å². The highest BCUT2D eigenvalue weighted by Gasteiger charge is 2.22. The average molecular weight is 512 g/mol. The molecule has 0 bridgehead atoms. The van der Waals surface area contributed by atoms with Crippen molar-refractivity contribution >= 4 is 38.6 Å². The number of para-hydroxylation sites is 1. The Morgan fingerprint density at radius 2 is 1.85 bits per heavy atom. The van der Waals surface area contributed by atoms with Gasteiger partial charge in [0.1, 0.15) is 11.6 Å². The van der Waals surface area contributed by atoms with E-state index in [1.807, 2.05) is 45.3 Å². The summed E-state index contributed by atoms with van der Waals surface area (Å²) < 4.78 is 6.86. The van der Waals surface area contributed by atoms with Crippen molar-refractivity contribution in [2.45, 2.75) is 45.2 Å². The predicted octanol–water partition coefficient (Wildman–Crippen LogP) is 5.62. The average Bonchev–Trinajstić information content (AvgIpc) is 2.81. The molecule has 176 valence electrons. The minimum absolute atomic E-state index is 0.423. The molecule has 3 aromatic rings. The minimum atomic E-state index is 0.423. The fourth-order valence-corrected chi connectivity index (χ4v) is 4.96. The quantitative estimate of drug-likeness (QED) is 0.388. The molecule has 0 unspecified atom stereocenters. The van der Waals surface area contributed by atoms with Gasteiger partial charge in [-0.05, 0) is 75.4 Å². The van der Waals surface area contributed by atoms with E-state index in [1.54, 1.807) is 0 Å². The molecule has 0 aliphatic heterocycles. The summed E-state index contributed by atoms with van der Waals surface area (Å²) in [6.45, 7) is 4.56. The van der Waals surface area contributed by atoms with Crippen molar-refractivity contribution in [2.75, 3.05) is 37.5 Å². The Morgan fingerprint density at radius 1 is 1.06 bits per heavy atom. The summed E-state index contributed by atoms with van der Waals surface area (Å²) in [6.07, 6.45) is 4.69. The molecule has 6 nitrogen and oxygen atoms in total. The maximum Gasteiger partial charge on any atom is 0.225 e. The van der Waals surface area contributed by atoms with E-state index in [0.717, 1.165) is 58.8 Å². The van der Waals surface area contributed by atoms with Crippen molar-refractivity contribution in [3.8, 4) is 5.75 Å². The van der Waals surface area contributed by atoms with E-state index in [-0.39, 0.29) is 0 Å². The van der Waals surface area contributed by atoms with Gasteiger partial charge in [-0.2, -0.15) is 4.98 Å². The van der Waals surface area contributed by atoms with E-state index in [9.17, 15) is 0 Å². The molecule has 33 heavy (non-hydrogen) atoms. The zero-order chi connectivity index (χ0) is 23.2. The molecule has 4 rings (SSSR count). The normalized spacial score (nSPS) is 18.3. The fraction of sp³-hybridized carbons (Fsp3) is 0.462. The maximum atomic E-state index is 5.77. The van der Waals surface area contributed by atoms with Crippen molar-refractivity contribution in [1.82, 2.24) is 15.3 Å². The molecule has 1 aromatic heterocycles. The summed E-state index contributed by atoms with van der Waals surface area (Å²) in [7, 11) is 4.06. The molecule has 1 saturated carbocycles. The number of ether oxygens (including phenoxy) is 1. The van der Waals surface area contributed by atoms with Crippen molar-refractivity contribution in [2.24, 2.45) is 5.92 Å². The van der Waals surface area contributed by atoms with Crippen LogP contribution in [0.15, 0.2) is 46.9 Å². The molecule has 2 aromatic carbocycles. The van der Waals surface area contributed by atoms with Gasteiger partial charge in [-0.1, -0.05) is 28.1 Å². The summed E-state index contributed by atoms with van der Waals surface area (Å²) in [5.41, 5.74) is 2.18. The van der Waals surface area contributed by atoms with Gasteiger partial charge in [0.05, 0.1) is 12.1 Å². The van der Waals surface area contributed by atoms with Crippen molar-refractivity contribution < 1.29 is 4.74 Å². The number of benzene rings is 2. The lowest BCUT2D eigenvalue weighted by atomic mass is 9.86. The monoisotopic (exact) mass is 511 g/mol. The third-order valence-electron chi connectivity index (χ3n) is 6.26. The first-order valence-corrected chi connectivity index (χ1v) is 12.7. The second-order valence-corrected chi connectivity index (χ2v) is 9.88. The Balaban J connectivity index is 1.29. The molecule has 0 radical (unpaired) electrons. The van der Waals surface area contributed by atoms with Crippen LogP contribution in [-0.2, 0) is 6.54 Å². The summed E-state index contributed by atoms with van der Waals surface area (Å²) in [4.78, 5) is 11.6. The zero-order valence-corrected chi connectivity index (χ0v) is 21.4. The van der Waals surface area contributed by atoms with E-state index >= 15 is 0 Å². The van der Waals surface area contributed by atoms with Crippen LogP contribution in [0.1, 0.15) is 38.2 Å². The number of hydrogen-bond acceptors (Lipinski definition) is 6. The van der Waals surface area contributed by atoms with Crippen LogP contribution in [0.4, 0.5) is 11.8 Å². The number of halogens is 1. The van der Waals surface area contributed by atoms with Crippen LogP contribution in [-0.4, -0.2) is 43.3 Å². The van der Waals surface area contributed by atoms with Crippen LogP contribution in [0.3, 0.4) is 0 Å². The molecule has 0 saturated heterocycles. The number of anilines is 2. The topological polar surface area (TPSA) is 62.3 Å². The molecule has 1 aliphatic carbocycles. The largest absolute Gasteiger partial charge is 0.494 e. The Kier molecular flexibility index (Phi) is 8.04. The van der Waals surface area contributed by atoms with Crippen molar-refractivity contribution in [3.05, 3.63) is 52.5 Å². The maximum absolute atomic E-state index is 5.77. The second kappa shape index (κ2) is 11.2. The number of hydrogen-bond donors (Lipinski definition) is 2. The van der Waals surface area contributed by atoms with Gasteiger partial charge in [-0.25, -0.2) is 4.98 Å². The molecule has 0 spiro atoms. The standard InChI is InChI=1S/C26H34BrN5O/c1-4-33-24-14-11-20(27)15-19(24)17-28-16-18-9-12-21(13-10-18)29-26-30-23-8-6-5-7-22(23)25(31-26)32(2)3/h5-8,11,14-15,18,21,28H,4,9-10,12-13,16-17H2,1-3H3,(H,29,30,31). The predicted molar refractivity (Wildman–Crippen MR) is 140 cm³/mol. The van der Waals surface area contributed by atoms with Gasteiger partial charge in [0, 0.05) is 42.1 Å².